The Hall–Kier alpha value is -0.720. The van der Waals surface area contributed by atoms with E-state index in [0.29, 0.717) is 0 Å². The van der Waals surface area contributed by atoms with Gasteiger partial charge in [0.05, 0.1) is 0 Å². The number of rotatable bonds is 3. The number of allylic oxidation sites excluding steroid dienone is 4. The average molecular weight is 193 g/mol. The number of hydrogen-bond donors (Lipinski definition) is 0. The second-order valence-electron chi connectivity index (χ2n) is 5.03. The molecule has 0 N–H and O–H groups in total. The van der Waals surface area contributed by atoms with Crippen LogP contribution in [0.4, 0.5) is 0 Å². The maximum absolute atomic E-state index is 2.31. The van der Waals surface area contributed by atoms with Gasteiger partial charge in [0, 0.05) is 25.7 Å². The van der Waals surface area contributed by atoms with Crippen LogP contribution >= 0.6 is 0 Å². The van der Waals surface area contributed by atoms with E-state index < -0.39 is 0 Å². The van der Waals surface area contributed by atoms with Crippen LogP contribution in [-0.4, -0.2) is 19.0 Å². The SMILES string of the molecule is CC1=CC=C(N(C)C)C(CC(C)C)C1. The summed E-state index contributed by atoms with van der Waals surface area (Å²) < 4.78 is 0. The summed E-state index contributed by atoms with van der Waals surface area (Å²) in [6.07, 6.45) is 7.08. The van der Waals surface area contributed by atoms with Gasteiger partial charge in [-0.05, 0) is 31.8 Å². The first kappa shape index (κ1) is 11.4. The fraction of sp³-hybridized carbons (Fsp3) is 0.692. The van der Waals surface area contributed by atoms with Crippen LogP contribution in [0, 0.1) is 11.8 Å². The van der Waals surface area contributed by atoms with Gasteiger partial charge < -0.3 is 4.90 Å². The van der Waals surface area contributed by atoms with E-state index in [-0.39, 0.29) is 0 Å². The Morgan fingerprint density at radius 3 is 2.50 bits per heavy atom. The summed E-state index contributed by atoms with van der Waals surface area (Å²) in [5, 5.41) is 0. The molecule has 0 saturated heterocycles. The molecule has 14 heavy (non-hydrogen) atoms. The molecule has 1 unspecified atom stereocenters. The van der Waals surface area contributed by atoms with E-state index in [0.717, 1.165) is 11.8 Å². The standard InChI is InChI=1S/C13H23N/c1-10(2)8-12-9-11(3)6-7-13(12)14(4)5/h6-7,10,12H,8-9H2,1-5H3. The van der Waals surface area contributed by atoms with Gasteiger partial charge in [0.15, 0.2) is 0 Å². The highest BCUT2D eigenvalue weighted by Crippen LogP contribution is 2.31. The molecule has 1 heteroatoms. The van der Waals surface area contributed by atoms with Crippen LogP contribution in [0.15, 0.2) is 23.4 Å². The van der Waals surface area contributed by atoms with Crippen molar-refractivity contribution in [3.63, 3.8) is 0 Å². The maximum atomic E-state index is 2.31. The van der Waals surface area contributed by atoms with E-state index >= 15 is 0 Å². The number of hydrogen-bond acceptors (Lipinski definition) is 1. The summed E-state index contributed by atoms with van der Waals surface area (Å²) in [4.78, 5) is 2.26. The van der Waals surface area contributed by atoms with E-state index in [1.165, 1.54) is 24.1 Å². The van der Waals surface area contributed by atoms with Crippen LogP contribution in [0.2, 0.25) is 0 Å². The molecule has 1 atom stereocenters. The molecule has 1 aliphatic rings. The minimum Gasteiger partial charge on any atom is -0.381 e. The molecule has 0 bridgehead atoms. The first-order chi connectivity index (χ1) is 6.50. The van der Waals surface area contributed by atoms with Crippen molar-refractivity contribution >= 4 is 0 Å². The lowest BCUT2D eigenvalue weighted by Gasteiger charge is -2.30. The highest BCUT2D eigenvalue weighted by molar-refractivity contribution is 5.24. The lowest BCUT2D eigenvalue weighted by Crippen LogP contribution is -2.22. The van der Waals surface area contributed by atoms with Crippen molar-refractivity contribution < 1.29 is 0 Å². The molecule has 0 radical (unpaired) electrons. The summed E-state index contributed by atoms with van der Waals surface area (Å²) >= 11 is 0. The van der Waals surface area contributed by atoms with E-state index in [1.807, 2.05) is 0 Å². The molecule has 0 aromatic rings. The quantitative estimate of drug-likeness (QED) is 0.663. The van der Waals surface area contributed by atoms with Gasteiger partial charge in [-0.15, -0.1) is 0 Å². The molecule has 0 spiro atoms. The number of nitrogens with zero attached hydrogens (tertiary/aromatic N) is 1. The molecule has 0 heterocycles. The highest BCUT2D eigenvalue weighted by atomic mass is 15.1. The normalized spacial score (nSPS) is 22.0. The smallest absolute Gasteiger partial charge is 0.0162 e. The second-order valence-corrected chi connectivity index (χ2v) is 5.03. The van der Waals surface area contributed by atoms with Crippen LogP contribution in [0.3, 0.4) is 0 Å². The average Bonchev–Trinajstić information content (AvgIpc) is 2.01. The van der Waals surface area contributed by atoms with Gasteiger partial charge >= 0.3 is 0 Å². The van der Waals surface area contributed by atoms with Crippen LogP contribution in [0.1, 0.15) is 33.6 Å². The highest BCUT2D eigenvalue weighted by Gasteiger charge is 2.20. The molecule has 0 aliphatic heterocycles. The summed E-state index contributed by atoms with van der Waals surface area (Å²) in [7, 11) is 4.29. The predicted molar refractivity (Wildman–Crippen MR) is 63.1 cm³/mol. The largest absolute Gasteiger partial charge is 0.381 e. The zero-order valence-electron chi connectivity index (χ0n) is 10.2. The molecule has 0 aromatic heterocycles. The van der Waals surface area contributed by atoms with Gasteiger partial charge in [-0.25, -0.2) is 0 Å². The predicted octanol–water partition coefficient (Wildman–Crippen LogP) is 3.44. The minimum atomic E-state index is 0.731. The van der Waals surface area contributed by atoms with Gasteiger partial charge in [-0.2, -0.15) is 0 Å². The molecule has 0 saturated carbocycles. The van der Waals surface area contributed by atoms with Gasteiger partial charge in [0.25, 0.3) is 0 Å². The van der Waals surface area contributed by atoms with Crippen molar-refractivity contribution in [1.82, 2.24) is 4.90 Å². The molecular weight excluding hydrogens is 170 g/mol. The lowest BCUT2D eigenvalue weighted by atomic mass is 9.85. The molecule has 1 nitrogen and oxygen atoms in total. The van der Waals surface area contributed by atoms with Crippen LogP contribution in [0.5, 0.6) is 0 Å². The van der Waals surface area contributed by atoms with E-state index in [4.69, 9.17) is 0 Å². The lowest BCUT2D eigenvalue weighted by molar-refractivity contribution is 0.359. The maximum Gasteiger partial charge on any atom is 0.0162 e. The van der Waals surface area contributed by atoms with Crippen LogP contribution < -0.4 is 0 Å². The molecule has 0 amide bonds. The third-order valence-electron chi connectivity index (χ3n) is 2.80. The summed E-state index contributed by atoms with van der Waals surface area (Å²) in [6.45, 7) is 6.85. The van der Waals surface area contributed by atoms with E-state index in [2.05, 4.69) is 51.9 Å². The molecular formula is C13H23N. The third-order valence-corrected chi connectivity index (χ3v) is 2.80. The summed E-state index contributed by atoms with van der Waals surface area (Å²) in [5.74, 6) is 1.52. The Bertz CT molecular complexity index is 246. The third kappa shape index (κ3) is 2.90. The molecule has 1 rings (SSSR count). The van der Waals surface area contributed by atoms with Crippen LogP contribution in [-0.2, 0) is 0 Å². The van der Waals surface area contributed by atoms with E-state index in [9.17, 15) is 0 Å². The molecule has 80 valence electrons. The van der Waals surface area contributed by atoms with Crippen molar-refractivity contribution in [3.05, 3.63) is 23.4 Å². The van der Waals surface area contributed by atoms with E-state index in [1.54, 1.807) is 0 Å². The fourth-order valence-electron chi connectivity index (χ4n) is 2.21. The van der Waals surface area contributed by atoms with Gasteiger partial charge in [0.1, 0.15) is 0 Å². The Balaban J connectivity index is 2.74. The van der Waals surface area contributed by atoms with Crippen molar-refractivity contribution in [1.29, 1.82) is 0 Å². The Morgan fingerprint density at radius 1 is 1.36 bits per heavy atom. The van der Waals surface area contributed by atoms with Gasteiger partial charge in [-0.1, -0.05) is 25.5 Å². The van der Waals surface area contributed by atoms with Crippen molar-refractivity contribution in [3.8, 4) is 0 Å². The van der Waals surface area contributed by atoms with Gasteiger partial charge in [-0.3, -0.25) is 0 Å². The van der Waals surface area contributed by atoms with Crippen LogP contribution in [0.25, 0.3) is 0 Å². The zero-order chi connectivity index (χ0) is 10.7. The summed E-state index contributed by atoms with van der Waals surface area (Å²) in [6, 6.07) is 0. The monoisotopic (exact) mass is 193 g/mol. The fourth-order valence-corrected chi connectivity index (χ4v) is 2.21. The van der Waals surface area contributed by atoms with Crippen molar-refractivity contribution in [2.45, 2.75) is 33.6 Å². The summed E-state index contributed by atoms with van der Waals surface area (Å²) in [5.41, 5.74) is 3.01. The topological polar surface area (TPSA) is 3.24 Å². The molecule has 1 aliphatic carbocycles. The second kappa shape index (κ2) is 4.68. The molecule has 0 fully saturated rings. The van der Waals surface area contributed by atoms with Crippen molar-refractivity contribution in [2.24, 2.45) is 11.8 Å². The Kier molecular flexibility index (Phi) is 3.79. The minimum absolute atomic E-state index is 0.731. The first-order valence-electron chi connectivity index (χ1n) is 5.55. The Morgan fingerprint density at radius 2 is 2.00 bits per heavy atom. The van der Waals surface area contributed by atoms with Gasteiger partial charge in [0.2, 0.25) is 0 Å². The van der Waals surface area contributed by atoms with Crippen molar-refractivity contribution in [2.75, 3.05) is 14.1 Å². The zero-order valence-corrected chi connectivity index (χ0v) is 10.2. The molecule has 0 aromatic carbocycles. The first-order valence-corrected chi connectivity index (χ1v) is 5.55. The Labute approximate surface area is 88.5 Å².